The van der Waals surface area contributed by atoms with Crippen LogP contribution in [0.2, 0.25) is 0 Å². The lowest BCUT2D eigenvalue weighted by atomic mass is 9.74. The van der Waals surface area contributed by atoms with Gasteiger partial charge in [-0.2, -0.15) is 0 Å². The Labute approximate surface area is 98.8 Å². The van der Waals surface area contributed by atoms with Crippen molar-refractivity contribution in [3.63, 3.8) is 0 Å². The Balaban J connectivity index is 2.59. The Morgan fingerprint density at radius 2 is 2.19 bits per heavy atom. The molecule has 3 heteroatoms. The van der Waals surface area contributed by atoms with E-state index in [4.69, 9.17) is 5.11 Å². The standard InChI is InChI=1S/C13H25NO2/c1-4-8-14(10-12(15)16)11-6-5-7-13(2,3)9-11/h11H,4-10H2,1-3H3,(H,15,16). The minimum Gasteiger partial charge on any atom is -0.480 e. The van der Waals surface area contributed by atoms with Crippen LogP contribution >= 0.6 is 0 Å². The van der Waals surface area contributed by atoms with Gasteiger partial charge in [0.05, 0.1) is 6.54 Å². The number of carboxylic acid groups (broad SMARTS) is 1. The lowest BCUT2D eigenvalue weighted by Gasteiger charge is -2.40. The van der Waals surface area contributed by atoms with Crippen molar-refractivity contribution in [3.05, 3.63) is 0 Å². The van der Waals surface area contributed by atoms with Crippen molar-refractivity contribution in [1.29, 1.82) is 0 Å². The highest BCUT2D eigenvalue weighted by atomic mass is 16.4. The molecule has 0 aromatic heterocycles. The predicted octanol–water partition coefficient (Wildman–Crippen LogP) is 2.75. The minimum absolute atomic E-state index is 0.203. The molecule has 1 saturated carbocycles. The molecule has 1 aliphatic rings. The molecular formula is C13H25NO2. The minimum atomic E-state index is -0.697. The molecule has 1 fully saturated rings. The third kappa shape index (κ3) is 4.12. The average Bonchev–Trinajstić information content (AvgIpc) is 2.15. The Kier molecular flexibility index (Phi) is 4.78. The Morgan fingerprint density at radius 3 is 2.69 bits per heavy atom. The molecule has 0 aromatic rings. The normalized spacial score (nSPS) is 24.6. The molecule has 0 aliphatic heterocycles. The lowest BCUT2D eigenvalue weighted by molar-refractivity contribution is -0.139. The van der Waals surface area contributed by atoms with Gasteiger partial charge in [0.1, 0.15) is 0 Å². The van der Waals surface area contributed by atoms with Gasteiger partial charge in [0.25, 0.3) is 0 Å². The quantitative estimate of drug-likeness (QED) is 0.785. The van der Waals surface area contributed by atoms with E-state index in [9.17, 15) is 4.79 Å². The molecular weight excluding hydrogens is 202 g/mol. The maximum atomic E-state index is 10.8. The van der Waals surface area contributed by atoms with Crippen LogP contribution < -0.4 is 0 Å². The van der Waals surface area contributed by atoms with Gasteiger partial charge >= 0.3 is 5.97 Å². The lowest BCUT2D eigenvalue weighted by Crippen LogP contribution is -2.44. The molecule has 1 unspecified atom stereocenters. The van der Waals surface area contributed by atoms with Crippen LogP contribution in [0.25, 0.3) is 0 Å². The van der Waals surface area contributed by atoms with Crippen molar-refractivity contribution in [1.82, 2.24) is 4.90 Å². The molecule has 1 atom stereocenters. The van der Waals surface area contributed by atoms with E-state index in [0.717, 1.165) is 25.8 Å². The number of aliphatic carboxylic acids is 1. The summed E-state index contributed by atoms with van der Waals surface area (Å²) < 4.78 is 0. The zero-order valence-electron chi connectivity index (χ0n) is 10.8. The van der Waals surface area contributed by atoms with Gasteiger partial charge in [-0.05, 0) is 37.6 Å². The van der Waals surface area contributed by atoms with E-state index < -0.39 is 5.97 Å². The van der Waals surface area contributed by atoms with E-state index in [1.54, 1.807) is 0 Å². The molecule has 0 spiro atoms. The number of rotatable bonds is 5. The van der Waals surface area contributed by atoms with Crippen LogP contribution in [0.3, 0.4) is 0 Å². The second-order valence-corrected chi connectivity index (χ2v) is 5.78. The monoisotopic (exact) mass is 227 g/mol. The fraction of sp³-hybridized carbons (Fsp3) is 0.923. The summed E-state index contributed by atoms with van der Waals surface area (Å²) in [7, 11) is 0. The van der Waals surface area contributed by atoms with Crippen molar-refractivity contribution >= 4 is 5.97 Å². The maximum Gasteiger partial charge on any atom is 0.317 e. The van der Waals surface area contributed by atoms with Crippen molar-refractivity contribution in [2.75, 3.05) is 13.1 Å². The third-order valence-corrected chi connectivity index (χ3v) is 3.54. The summed E-state index contributed by atoms with van der Waals surface area (Å²) in [5.74, 6) is -0.697. The zero-order valence-corrected chi connectivity index (χ0v) is 10.8. The van der Waals surface area contributed by atoms with Gasteiger partial charge in [-0.1, -0.05) is 27.2 Å². The smallest absolute Gasteiger partial charge is 0.317 e. The largest absolute Gasteiger partial charge is 0.480 e. The Hall–Kier alpha value is -0.570. The van der Waals surface area contributed by atoms with Crippen molar-refractivity contribution in [2.45, 2.75) is 58.9 Å². The van der Waals surface area contributed by atoms with E-state index in [1.807, 2.05) is 0 Å². The summed E-state index contributed by atoms with van der Waals surface area (Å²) in [4.78, 5) is 13.0. The molecule has 1 aliphatic carbocycles. The summed E-state index contributed by atoms with van der Waals surface area (Å²) in [5, 5.41) is 8.93. The van der Waals surface area contributed by atoms with Crippen LogP contribution in [0.15, 0.2) is 0 Å². The summed E-state index contributed by atoms with van der Waals surface area (Å²) in [6, 6.07) is 0.472. The zero-order chi connectivity index (χ0) is 12.2. The first-order valence-electron chi connectivity index (χ1n) is 6.40. The molecule has 3 nitrogen and oxygen atoms in total. The number of hydrogen-bond donors (Lipinski definition) is 1. The van der Waals surface area contributed by atoms with E-state index in [-0.39, 0.29) is 6.54 Å². The molecule has 0 radical (unpaired) electrons. The third-order valence-electron chi connectivity index (χ3n) is 3.54. The number of carboxylic acids is 1. The van der Waals surface area contributed by atoms with Crippen molar-refractivity contribution in [2.24, 2.45) is 5.41 Å². The van der Waals surface area contributed by atoms with Gasteiger partial charge in [-0.15, -0.1) is 0 Å². The first-order chi connectivity index (χ1) is 7.44. The first kappa shape index (κ1) is 13.5. The Bertz CT molecular complexity index is 238. The van der Waals surface area contributed by atoms with Gasteiger partial charge in [0.2, 0.25) is 0 Å². The first-order valence-corrected chi connectivity index (χ1v) is 6.40. The molecule has 0 saturated heterocycles. The summed E-state index contributed by atoms with van der Waals surface area (Å²) in [6.07, 6.45) is 5.84. The summed E-state index contributed by atoms with van der Waals surface area (Å²) in [6.45, 7) is 7.82. The van der Waals surface area contributed by atoms with Crippen molar-refractivity contribution in [3.8, 4) is 0 Å². The van der Waals surface area contributed by atoms with Gasteiger partial charge in [-0.25, -0.2) is 0 Å². The predicted molar refractivity (Wildman–Crippen MR) is 65.5 cm³/mol. The molecule has 16 heavy (non-hydrogen) atoms. The van der Waals surface area contributed by atoms with Crippen LogP contribution in [0.5, 0.6) is 0 Å². The highest BCUT2D eigenvalue weighted by Crippen LogP contribution is 2.37. The molecule has 0 bridgehead atoms. The van der Waals surface area contributed by atoms with Crippen LogP contribution in [-0.2, 0) is 4.79 Å². The van der Waals surface area contributed by atoms with Crippen LogP contribution in [-0.4, -0.2) is 35.1 Å². The molecule has 94 valence electrons. The van der Waals surface area contributed by atoms with E-state index in [2.05, 4.69) is 25.7 Å². The van der Waals surface area contributed by atoms with Gasteiger partial charge < -0.3 is 5.11 Å². The van der Waals surface area contributed by atoms with E-state index >= 15 is 0 Å². The van der Waals surface area contributed by atoms with Crippen LogP contribution in [0, 0.1) is 5.41 Å². The highest BCUT2D eigenvalue weighted by molar-refractivity contribution is 5.69. The molecule has 1 N–H and O–H groups in total. The number of carbonyl (C=O) groups is 1. The highest BCUT2D eigenvalue weighted by Gasteiger charge is 2.31. The SMILES string of the molecule is CCCN(CC(=O)O)C1CCCC(C)(C)C1. The fourth-order valence-corrected chi connectivity index (χ4v) is 2.82. The topological polar surface area (TPSA) is 40.5 Å². The Morgan fingerprint density at radius 1 is 1.50 bits per heavy atom. The van der Waals surface area contributed by atoms with Gasteiger partial charge in [0.15, 0.2) is 0 Å². The van der Waals surface area contributed by atoms with E-state index in [0.29, 0.717) is 11.5 Å². The average molecular weight is 227 g/mol. The second kappa shape index (κ2) is 5.67. The summed E-state index contributed by atoms with van der Waals surface area (Å²) in [5.41, 5.74) is 0.382. The molecule has 0 aromatic carbocycles. The van der Waals surface area contributed by atoms with Crippen molar-refractivity contribution < 1.29 is 9.90 Å². The maximum absolute atomic E-state index is 10.8. The number of nitrogens with zero attached hydrogens (tertiary/aromatic N) is 1. The molecule has 0 amide bonds. The molecule has 0 heterocycles. The van der Waals surface area contributed by atoms with Gasteiger partial charge in [0, 0.05) is 6.04 Å². The molecule has 1 rings (SSSR count). The fourth-order valence-electron chi connectivity index (χ4n) is 2.82. The number of hydrogen-bond acceptors (Lipinski definition) is 2. The van der Waals surface area contributed by atoms with Crippen LogP contribution in [0.4, 0.5) is 0 Å². The van der Waals surface area contributed by atoms with Crippen LogP contribution in [0.1, 0.15) is 52.9 Å². The van der Waals surface area contributed by atoms with Gasteiger partial charge in [-0.3, -0.25) is 9.69 Å². The summed E-state index contributed by atoms with van der Waals surface area (Å²) >= 11 is 0. The second-order valence-electron chi connectivity index (χ2n) is 5.78. The van der Waals surface area contributed by atoms with E-state index in [1.165, 1.54) is 12.8 Å².